The van der Waals surface area contributed by atoms with Crippen molar-refractivity contribution in [3.8, 4) is 11.5 Å². The summed E-state index contributed by atoms with van der Waals surface area (Å²) in [4.78, 5) is 5.96. The standard InChI is InChI=1S/C19H23N5O2/c20-18(21)13-6-8-16(9-7-13)26-24-10-2-4-15(24)12-25-17-5-1-3-14(11-17)19(22)23/h1,3,5-9,11,15H,2,4,10,12H2,(H3,20,21)(H3,22,23)/t15-/m1/s1. The van der Waals surface area contributed by atoms with Crippen LogP contribution in [-0.2, 0) is 0 Å². The maximum Gasteiger partial charge on any atom is 0.147 e. The molecule has 2 aromatic rings. The van der Waals surface area contributed by atoms with Crippen LogP contribution in [0.15, 0.2) is 48.5 Å². The Morgan fingerprint density at radius 3 is 2.42 bits per heavy atom. The molecule has 0 saturated carbocycles. The Morgan fingerprint density at radius 1 is 1.00 bits per heavy atom. The van der Waals surface area contributed by atoms with Crippen LogP contribution in [-0.4, -0.2) is 35.9 Å². The Balaban J connectivity index is 1.59. The molecule has 3 rings (SSSR count). The van der Waals surface area contributed by atoms with E-state index < -0.39 is 0 Å². The summed E-state index contributed by atoms with van der Waals surface area (Å²) in [5.74, 6) is 1.46. The number of rotatable bonds is 7. The lowest BCUT2D eigenvalue weighted by Crippen LogP contribution is -2.36. The number of hydrogen-bond acceptors (Lipinski definition) is 5. The van der Waals surface area contributed by atoms with Gasteiger partial charge in [-0.25, -0.2) is 0 Å². The molecule has 0 amide bonds. The van der Waals surface area contributed by atoms with E-state index in [9.17, 15) is 0 Å². The minimum Gasteiger partial charge on any atom is -0.492 e. The summed E-state index contributed by atoms with van der Waals surface area (Å²) in [7, 11) is 0. The van der Waals surface area contributed by atoms with Crippen molar-refractivity contribution < 1.29 is 9.57 Å². The summed E-state index contributed by atoms with van der Waals surface area (Å²) < 4.78 is 5.88. The van der Waals surface area contributed by atoms with E-state index in [1.54, 1.807) is 24.3 Å². The van der Waals surface area contributed by atoms with Crippen molar-refractivity contribution in [2.45, 2.75) is 18.9 Å². The van der Waals surface area contributed by atoms with Gasteiger partial charge in [0, 0.05) is 17.7 Å². The molecule has 26 heavy (non-hydrogen) atoms. The summed E-state index contributed by atoms with van der Waals surface area (Å²) in [6.07, 6.45) is 2.02. The van der Waals surface area contributed by atoms with Crippen LogP contribution >= 0.6 is 0 Å². The molecule has 7 nitrogen and oxygen atoms in total. The predicted molar refractivity (Wildman–Crippen MR) is 101 cm³/mol. The van der Waals surface area contributed by atoms with Gasteiger partial charge in [0.15, 0.2) is 0 Å². The minimum absolute atomic E-state index is 0.0234. The van der Waals surface area contributed by atoms with E-state index in [1.165, 1.54) is 0 Å². The summed E-state index contributed by atoms with van der Waals surface area (Å²) in [6.45, 7) is 1.32. The topological polar surface area (TPSA) is 121 Å². The average Bonchev–Trinajstić information content (AvgIpc) is 3.07. The largest absolute Gasteiger partial charge is 0.492 e. The van der Waals surface area contributed by atoms with Crippen molar-refractivity contribution in [1.29, 1.82) is 10.8 Å². The summed E-state index contributed by atoms with van der Waals surface area (Å²) >= 11 is 0. The number of ether oxygens (including phenoxy) is 1. The van der Waals surface area contributed by atoms with Crippen molar-refractivity contribution in [2.75, 3.05) is 13.2 Å². The lowest BCUT2D eigenvalue weighted by atomic mass is 10.2. The second-order valence-electron chi connectivity index (χ2n) is 6.22. The SMILES string of the molecule is N=C(N)c1ccc(ON2CCC[C@@H]2COc2cccc(C(=N)N)c2)cc1. The second-order valence-corrected chi connectivity index (χ2v) is 6.22. The van der Waals surface area contributed by atoms with Crippen LogP contribution in [0.5, 0.6) is 11.5 Å². The monoisotopic (exact) mass is 353 g/mol. The van der Waals surface area contributed by atoms with Gasteiger partial charge in [-0.2, -0.15) is 0 Å². The van der Waals surface area contributed by atoms with Gasteiger partial charge in [0.2, 0.25) is 0 Å². The highest BCUT2D eigenvalue weighted by Gasteiger charge is 2.27. The Hall–Kier alpha value is -3.06. The van der Waals surface area contributed by atoms with Gasteiger partial charge in [-0.3, -0.25) is 10.8 Å². The van der Waals surface area contributed by atoms with Crippen molar-refractivity contribution in [2.24, 2.45) is 11.5 Å². The number of nitrogens with one attached hydrogen (secondary N) is 2. The molecule has 1 atom stereocenters. The number of amidine groups is 2. The summed E-state index contributed by atoms with van der Waals surface area (Å²) in [6, 6.07) is 14.5. The van der Waals surface area contributed by atoms with Crippen LogP contribution in [0.3, 0.4) is 0 Å². The van der Waals surface area contributed by atoms with Crippen molar-refractivity contribution in [3.63, 3.8) is 0 Å². The molecular formula is C19H23N5O2. The average molecular weight is 353 g/mol. The van der Waals surface area contributed by atoms with Crippen LogP contribution in [0.1, 0.15) is 24.0 Å². The number of hydrogen-bond donors (Lipinski definition) is 4. The molecule has 0 unspecified atom stereocenters. The predicted octanol–water partition coefficient (Wildman–Crippen LogP) is 2.09. The third-order valence-electron chi connectivity index (χ3n) is 4.30. The first-order valence-corrected chi connectivity index (χ1v) is 8.49. The van der Waals surface area contributed by atoms with Crippen molar-refractivity contribution in [1.82, 2.24) is 5.06 Å². The number of nitrogens with two attached hydrogens (primary N) is 2. The maximum absolute atomic E-state index is 7.50. The molecule has 2 aromatic carbocycles. The van der Waals surface area contributed by atoms with Gasteiger partial charge < -0.3 is 21.0 Å². The zero-order valence-electron chi connectivity index (χ0n) is 14.4. The third-order valence-corrected chi connectivity index (χ3v) is 4.30. The van der Waals surface area contributed by atoms with Crippen LogP contribution in [0.25, 0.3) is 0 Å². The molecule has 0 spiro atoms. The third kappa shape index (κ3) is 4.31. The highest BCUT2D eigenvalue weighted by molar-refractivity contribution is 5.95. The zero-order chi connectivity index (χ0) is 18.5. The molecule has 1 aliphatic rings. The first-order chi connectivity index (χ1) is 12.5. The van der Waals surface area contributed by atoms with Crippen molar-refractivity contribution >= 4 is 11.7 Å². The Kier molecular flexibility index (Phi) is 5.38. The normalized spacial score (nSPS) is 17.0. The molecule has 0 aromatic heterocycles. The van der Waals surface area contributed by atoms with E-state index in [4.69, 9.17) is 31.9 Å². The Bertz CT molecular complexity index is 791. The molecule has 1 aliphatic heterocycles. The number of nitrogens with zero attached hydrogens (tertiary/aromatic N) is 1. The molecule has 0 bridgehead atoms. The van der Waals surface area contributed by atoms with Gasteiger partial charge in [0.05, 0.1) is 6.04 Å². The molecule has 0 radical (unpaired) electrons. The molecule has 136 valence electrons. The lowest BCUT2D eigenvalue weighted by molar-refractivity contribution is -0.0802. The number of benzene rings is 2. The van der Waals surface area contributed by atoms with Gasteiger partial charge in [0.1, 0.15) is 29.8 Å². The maximum atomic E-state index is 7.50. The number of nitrogen functional groups attached to an aromatic ring is 2. The van der Waals surface area contributed by atoms with Crippen LogP contribution in [0.4, 0.5) is 0 Å². The molecule has 7 heteroatoms. The van der Waals surface area contributed by atoms with E-state index in [0.717, 1.165) is 19.4 Å². The van der Waals surface area contributed by atoms with Crippen LogP contribution < -0.4 is 21.0 Å². The Morgan fingerprint density at radius 2 is 1.73 bits per heavy atom. The Labute approximate surface area is 152 Å². The zero-order valence-corrected chi connectivity index (χ0v) is 14.4. The number of hydroxylamine groups is 2. The molecular weight excluding hydrogens is 330 g/mol. The molecule has 1 fully saturated rings. The fourth-order valence-electron chi connectivity index (χ4n) is 2.87. The van der Waals surface area contributed by atoms with E-state index in [1.807, 2.05) is 29.3 Å². The molecule has 1 saturated heterocycles. The molecule has 1 heterocycles. The fourth-order valence-corrected chi connectivity index (χ4v) is 2.87. The van der Waals surface area contributed by atoms with Gasteiger partial charge in [-0.15, -0.1) is 5.06 Å². The summed E-state index contributed by atoms with van der Waals surface area (Å²) in [5, 5.41) is 16.9. The smallest absolute Gasteiger partial charge is 0.147 e. The fraction of sp³-hybridized carbons (Fsp3) is 0.263. The van der Waals surface area contributed by atoms with Crippen LogP contribution in [0.2, 0.25) is 0 Å². The first kappa shape index (κ1) is 17.8. The highest BCUT2D eigenvalue weighted by atomic mass is 16.7. The van der Waals surface area contributed by atoms with E-state index in [0.29, 0.717) is 29.2 Å². The summed E-state index contributed by atoms with van der Waals surface area (Å²) in [5.41, 5.74) is 12.3. The van der Waals surface area contributed by atoms with E-state index >= 15 is 0 Å². The molecule has 0 aliphatic carbocycles. The molecule has 6 N–H and O–H groups in total. The highest BCUT2D eigenvalue weighted by Crippen LogP contribution is 2.23. The van der Waals surface area contributed by atoms with E-state index in [-0.39, 0.29) is 17.7 Å². The lowest BCUT2D eigenvalue weighted by Gasteiger charge is -2.24. The minimum atomic E-state index is 0.0234. The quantitative estimate of drug-likeness (QED) is 0.448. The van der Waals surface area contributed by atoms with E-state index in [2.05, 4.69) is 0 Å². The van der Waals surface area contributed by atoms with Crippen LogP contribution in [0, 0.1) is 10.8 Å². The second kappa shape index (κ2) is 7.88. The van der Waals surface area contributed by atoms with Gasteiger partial charge in [-0.05, 0) is 49.2 Å². The van der Waals surface area contributed by atoms with Gasteiger partial charge in [0.25, 0.3) is 0 Å². The van der Waals surface area contributed by atoms with Gasteiger partial charge in [-0.1, -0.05) is 12.1 Å². The first-order valence-electron chi connectivity index (χ1n) is 8.49. The van der Waals surface area contributed by atoms with Gasteiger partial charge >= 0.3 is 0 Å². The van der Waals surface area contributed by atoms with Crippen molar-refractivity contribution in [3.05, 3.63) is 59.7 Å².